The molecule has 1 fully saturated rings. The molecular formula is C29H30N4O2S3. The van der Waals surface area contributed by atoms with Crippen molar-refractivity contribution in [2.24, 2.45) is 0 Å². The number of thiophene rings is 1. The molecule has 1 aliphatic heterocycles. The number of aromatic nitrogens is 2. The summed E-state index contributed by atoms with van der Waals surface area (Å²) in [5.74, 6) is 0.0618. The maximum absolute atomic E-state index is 13.9. The summed E-state index contributed by atoms with van der Waals surface area (Å²) in [6.45, 7) is 2.23. The summed E-state index contributed by atoms with van der Waals surface area (Å²) in [6, 6.07) is 16.0. The molecule has 6 nitrogen and oxygen atoms in total. The largest absolute Gasteiger partial charge is 0.338 e. The van der Waals surface area contributed by atoms with E-state index in [0.717, 1.165) is 40.8 Å². The van der Waals surface area contributed by atoms with Gasteiger partial charge in [-0.2, -0.15) is 0 Å². The number of rotatable bonds is 8. The van der Waals surface area contributed by atoms with Crippen LogP contribution in [0.25, 0.3) is 15.8 Å². The van der Waals surface area contributed by atoms with Gasteiger partial charge in [-0.1, -0.05) is 48.5 Å². The Morgan fingerprint density at radius 2 is 1.97 bits per heavy atom. The van der Waals surface area contributed by atoms with Gasteiger partial charge in [0.25, 0.3) is 5.56 Å². The van der Waals surface area contributed by atoms with Crippen molar-refractivity contribution in [2.45, 2.75) is 60.5 Å². The summed E-state index contributed by atoms with van der Waals surface area (Å²) in [4.78, 5) is 34.5. The molecule has 1 aliphatic carbocycles. The summed E-state index contributed by atoms with van der Waals surface area (Å²) in [6.07, 6.45) is 4.53. The van der Waals surface area contributed by atoms with Crippen molar-refractivity contribution < 1.29 is 4.79 Å². The van der Waals surface area contributed by atoms with Crippen molar-refractivity contribution in [1.82, 2.24) is 19.8 Å². The van der Waals surface area contributed by atoms with Gasteiger partial charge in [-0.25, -0.2) is 4.98 Å². The van der Waals surface area contributed by atoms with Crippen LogP contribution in [0.1, 0.15) is 42.5 Å². The Bertz CT molecular complexity index is 1540. The Labute approximate surface area is 235 Å². The van der Waals surface area contributed by atoms with Crippen LogP contribution < -0.4 is 10.9 Å². The van der Waals surface area contributed by atoms with Crippen LogP contribution in [0.4, 0.5) is 0 Å². The zero-order chi connectivity index (χ0) is 26.1. The standard InChI is InChI=1S/C29H30N4O2S3/c34-27(12-14-30-16-19-18-37-26-11-4-1-8-21(19)26)32-15-13-23-22(17-32)28(35)33(24-9-2-3-10-25(24)36)29(31-23)38-20-6-5-7-20/h1-4,8-11,18,20,30,36H,5-7,12-17H2. The number of amides is 1. The number of thioether (sulfide) groups is 1. The predicted octanol–water partition coefficient (Wildman–Crippen LogP) is 5.45. The summed E-state index contributed by atoms with van der Waals surface area (Å²) in [5, 5.41) is 8.11. The molecule has 1 amide bonds. The lowest BCUT2D eigenvalue weighted by Crippen LogP contribution is -2.42. The zero-order valence-corrected chi connectivity index (χ0v) is 23.6. The fourth-order valence-corrected chi connectivity index (χ4v) is 7.54. The number of nitrogens with one attached hydrogen (secondary N) is 1. The summed E-state index contributed by atoms with van der Waals surface area (Å²) >= 11 is 8.07. The molecule has 9 heteroatoms. The summed E-state index contributed by atoms with van der Waals surface area (Å²) in [5.41, 5.74) is 3.37. The molecule has 1 N–H and O–H groups in total. The predicted molar refractivity (Wildman–Crippen MR) is 158 cm³/mol. The Kier molecular flexibility index (Phi) is 7.61. The van der Waals surface area contributed by atoms with Gasteiger partial charge in [0.1, 0.15) is 0 Å². The molecule has 0 bridgehead atoms. The van der Waals surface area contributed by atoms with Gasteiger partial charge in [-0.3, -0.25) is 14.2 Å². The van der Waals surface area contributed by atoms with Crippen LogP contribution in [0, 0.1) is 0 Å². The van der Waals surface area contributed by atoms with Crippen LogP contribution in [-0.4, -0.2) is 38.7 Å². The number of hydrogen-bond acceptors (Lipinski definition) is 7. The van der Waals surface area contributed by atoms with Crippen LogP contribution in [0.3, 0.4) is 0 Å². The van der Waals surface area contributed by atoms with Crippen LogP contribution in [0.2, 0.25) is 0 Å². The highest BCUT2D eigenvalue weighted by molar-refractivity contribution is 7.99. The number of thiol groups is 1. The van der Waals surface area contributed by atoms with Crippen LogP contribution in [-0.2, 0) is 24.3 Å². The fourth-order valence-electron chi connectivity index (χ4n) is 5.00. The van der Waals surface area contributed by atoms with E-state index >= 15 is 0 Å². The molecule has 4 aromatic rings. The maximum atomic E-state index is 13.9. The molecule has 6 rings (SSSR count). The van der Waals surface area contributed by atoms with Gasteiger partial charge in [-0.05, 0) is 47.4 Å². The summed E-state index contributed by atoms with van der Waals surface area (Å²) in [7, 11) is 0. The number of hydrogen-bond donors (Lipinski definition) is 2. The van der Waals surface area contributed by atoms with Gasteiger partial charge in [-0.15, -0.1) is 24.0 Å². The van der Waals surface area contributed by atoms with Crippen LogP contribution in [0.5, 0.6) is 0 Å². The fraction of sp³-hybridized carbons (Fsp3) is 0.345. The molecule has 0 unspecified atom stereocenters. The number of benzene rings is 2. The first kappa shape index (κ1) is 25.7. The minimum absolute atomic E-state index is 0.0618. The van der Waals surface area contributed by atoms with E-state index < -0.39 is 0 Å². The van der Waals surface area contributed by atoms with Gasteiger partial charge in [0, 0.05) is 47.3 Å². The molecule has 2 aromatic heterocycles. The first-order valence-electron chi connectivity index (χ1n) is 13.1. The normalized spacial score (nSPS) is 15.4. The SMILES string of the molecule is O=C(CCNCc1csc2ccccc12)N1CCc2nc(SC3CCC3)n(-c3ccccc3S)c(=O)c2C1. The van der Waals surface area contributed by atoms with Gasteiger partial charge in [0.2, 0.25) is 5.91 Å². The second-order valence-corrected chi connectivity index (χ2v) is 12.5. The number of para-hydroxylation sites is 1. The third-order valence-corrected chi connectivity index (χ3v) is 10.1. The molecule has 196 valence electrons. The number of fused-ring (bicyclic) bond motifs is 2. The topological polar surface area (TPSA) is 67.2 Å². The third-order valence-electron chi connectivity index (χ3n) is 7.39. The molecule has 0 spiro atoms. The number of carbonyl (C=O) groups excluding carboxylic acids is 1. The van der Waals surface area contributed by atoms with E-state index in [-0.39, 0.29) is 11.5 Å². The Morgan fingerprint density at radius 1 is 1.16 bits per heavy atom. The van der Waals surface area contributed by atoms with Crippen LogP contribution >= 0.6 is 35.7 Å². The van der Waals surface area contributed by atoms with Crippen molar-refractivity contribution in [2.75, 3.05) is 13.1 Å². The highest BCUT2D eigenvalue weighted by Crippen LogP contribution is 2.37. The molecule has 2 aromatic carbocycles. The molecule has 0 saturated heterocycles. The molecule has 2 aliphatic rings. The van der Waals surface area contributed by atoms with E-state index in [2.05, 4.69) is 47.6 Å². The maximum Gasteiger partial charge on any atom is 0.264 e. The molecule has 1 saturated carbocycles. The third kappa shape index (κ3) is 5.17. The molecule has 0 radical (unpaired) electrons. The van der Waals surface area contributed by atoms with E-state index in [4.69, 9.17) is 4.98 Å². The highest BCUT2D eigenvalue weighted by atomic mass is 32.2. The summed E-state index contributed by atoms with van der Waals surface area (Å²) < 4.78 is 2.99. The lowest BCUT2D eigenvalue weighted by Gasteiger charge is -2.30. The number of nitrogens with zero attached hydrogens (tertiary/aromatic N) is 3. The minimum Gasteiger partial charge on any atom is -0.338 e. The van der Waals surface area contributed by atoms with Gasteiger partial charge < -0.3 is 10.2 Å². The Hall–Kier alpha value is -2.59. The monoisotopic (exact) mass is 562 g/mol. The van der Waals surface area contributed by atoms with Gasteiger partial charge >= 0.3 is 0 Å². The first-order chi connectivity index (χ1) is 18.6. The quantitative estimate of drug-likeness (QED) is 0.170. The Balaban J connectivity index is 1.16. The zero-order valence-electron chi connectivity index (χ0n) is 21.1. The molecule has 0 atom stereocenters. The average molecular weight is 563 g/mol. The molecule has 3 heterocycles. The molecule has 38 heavy (non-hydrogen) atoms. The second kappa shape index (κ2) is 11.3. The van der Waals surface area contributed by atoms with Crippen molar-refractivity contribution in [3.63, 3.8) is 0 Å². The molecular weight excluding hydrogens is 533 g/mol. The van der Waals surface area contributed by atoms with Gasteiger partial charge in [0.05, 0.1) is 23.5 Å². The number of carbonyl (C=O) groups is 1. The van der Waals surface area contributed by atoms with Crippen molar-refractivity contribution in [3.8, 4) is 5.69 Å². The second-order valence-electron chi connectivity index (χ2n) is 9.87. The minimum atomic E-state index is -0.0849. The Morgan fingerprint density at radius 3 is 2.79 bits per heavy atom. The van der Waals surface area contributed by atoms with E-state index in [9.17, 15) is 9.59 Å². The van der Waals surface area contributed by atoms with E-state index in [1.54, 1.807) is 27.7 Å². The van der Waals surface area contributed by atoms with E-state index in [1.807, 2.05) is 29.2 Å². The van der Waals surface area contributed by atoms with E-state index in [0.29, 0.717) is 43.3 Å². The van der Waals surface area contributed by atoms with Crippen molar-refractivity contribution in [3.05, 3.63) is 81.1 Å². The van der Waals surface area contributed by atoms with Gasteiger partial charge in [0.15, 0.2) is 5.16 Å². The lowest BCUT2D eigenvalue weighted by atomic mass is 10.0. The highest BCUT2D eigenvalue weighted by Gasteiger charge is 2.29. The lowest BCUT2D eigenvalue weighted by molar-refractivity contribution is -0.132. The first-order valence-corrected chi connectivity index (χ1v) is 15.3. The average Bonchev–Trinajstić information content (AvgIpc) is 3.32. The van der Waals surface area contributed by atoms with Crippen molar-refractivity contribution >= 4 is 51.7 Å². The van der Waals surface area contributed by atoms with Crippen LogP contribution in [0.15, 0.2) is 68.8 Å². The van der Waals surface area contributed by atoms with E-state index in [1.165, 1.54) is 22.1 Å². The van der Waals surface area contributed by atoms with Crippen molar-refractivity contribution in [1.29, 1.82) is 0 Å². The smallest absolute Gasteiger partial charge is 0.264 e.